The number of nitro groups is 1. The minimum atomic E-state index is -1.53. The Labute approximate surface area is 237 Å². The summed E-state index contributed by atoms with van der Waals surface area (Å²) >= 11 is 0. The van der Waals surface area contributed by atoms with Crippen molar-refractivity contribution in [3.63, 3.8) is 0 Å². The number of para-hydroxylation sites is 1. The molecule has 1 fully saturated rings. The van der Waals surface area contributed by atoms with E-state index in [-0.39, 0.29) is 24.5 Å². The summed E-state index contributed by atoms with van der Waals surface area (Å²) in [6.07, 6.45) is -1.03. The fourth-order valence-electron chi connectivity index (χ4n) is 5.14. The van der Waals surface area contributed by atoms with Gasteiger partial charge in [-0.15, -0.1) is 0 Å². The Morgan fingerprint density at radius 3 is 2.40 bits per heavy atom. The number of anilines is 1. The van der Waals surface area contributed by atoms with Crippen LogP contribution in [0, 0.1) is 20.9 Å². The number of hydrogen-bond acceptors (Lipinski definition) is 9. The molecule has 2 heterocycles. The van der Waals surface area contributed by atoms with Crippen molar-refractivity contribution >= 4 is 20.3 Å². The van der Waals surface area contributed by atoms with E-state index in [4.69, 9.17) is 15.2 Å². The third kappa shape index (κ3) is 5.73. The van der Waals surface area contributed by atoms with E-state index in [2.05, 4.69) is 4.98 Å². The number of nitrogen functional groups attached to an aromatic ring is 1. The smallest absolute Gasteiger partial charge is 0.351 e. The SMILES string of the molecule is CC(OCc1cn([C@@]2([Si](C)C)C[C@@](O)(C(C)(C)C)[C@@H](C(O)C(C)(C)C)O2)c(=O)nc1N)c1ccccc1[N+](=O)[O-]. The van der Waals surface area contributed by atoms with Gasteiger partial charge in [0, 0.05) is 24.2 Å². The third-order valence-electron chi connectivity index (χ3n) is 8.04. The molecule has 1 aromatic carbocycles. The Hall–Kier alpha value is -2.64. The largest absolute Gasteiger partial charge is 0.390 e. The van der Waals surface area contributed by atoms with Gasteiger partial charge in [0.2, 0.25) is 0 Å². The van der Waals surface area contributed by atoms with Gasteiger partial charge in [0.05, 0.1) is 29.3 Å². The van der Waals surface area contributed by atoms with Crippen molar-refractivity contribution in [1.82, 2.24) is 9.55 Å². The Morgan fingerprint density at radius 2 is 1.88 bits per heavy atom. The molecule has 1 aliphatic rings. The lowest BCUT2D eigenvalue weighted by Crippen LogP contribution is -2.57. The van der Waals surface area contributed by atoms with Crippen LogP contribution in [0.1, 0.15) is 72.1 Å². The summed E-state index contributed by atoms with van der Waals surface area (Å²) in [5.74, 6) is -0.0255. The Kier molecular flexibility index (Phi) is 8.75. The van der Waals surface area contributed by atoms with Gasteiger partial charge in [-0.1, -0.05) is 66.8 Å². The first-order valence-electron chi connectivity index (χ1n) is 13.4. The highest BCUT2D eigenvalue weighted by Gasteiger charge is 2.65. The molecule has 40 heavy (non-hydrogen) atoms. The highest BCUT2D eigenvalue weighted by Crippen LogP contribution is 2.53. The van der Waals surface area contributed by atoms with E-state index in [1.807, 2.05) is 54.6 Å². The predicted molar refractivity (Wildman–Crippen MR) is 154 cm³/mol. The first kappa shape index (κ1) is 31.9. The van der Waals surface area contributed by atoms with Crippen molar-refractivity contribution < 1.29 is 24.6 Å². The number of nitrogens with zero attached hydrogens (tertiary/aromatic N) is 3. The predicted octanol–water partition coefficient (Wildman–Crippen LogP) is 3.93. The lowest BCUT2D eigenvalue weighted by Gasteiger charge is -2.44. The van der Waals surface area contributed by atoms with Gasteiger partial charge in [-0.2, -0.15) is 4.98 Å². The van der Waals surface area contributed by atoms with Crippen LogP contribution < -0.4 is 11.4 Å². The van der Waals surface area contributed by atoms with Crippen molar-refractivity contribution in [2.24, 2.45) is 10.8 Å². The van der Waals surface area contributed by atoms with E-state index in [9.17, 15) is 25.1 Å². The first-order valence-corrected chi connectivity index (χ1v) is 15.9. The highest BCUT2D eigenvalue weighted by atomic mass is 28.3. The van der Waals surface area contributed by atoms with Gasteiger partial charge in [0.25, 0.3) is 5.69 Å². The molecule has 1 aliphatic heterocycles. The maximum atomic E-state index is 13.4. The van der Waals surface area contributed by atoms with Crippen LogP contribution in [0.25, 0.3) is 0 Å². The monoisotopic (exact) mass is 575 g/mol. The standard InChI is InChI=1S/C28H43N4O7Si/c1-17(19-12-10-11-13-20(19)32(36)37)38-15-18-14-31(24(34)30-23(18)29)28(40(8)9)16-27(35,26(5,6)7)22(39-28)21(33)25(2,3)4/h10-14,17,21-22,33,35H,15-16H2,1-9H3,(H2,29,30,34)/t17?,21?,22-,27+,28+/m1/s1. The average Bonchev–Trinajstić information content (AvgIpc) is 3.17. The Bertz CT molecular complexity index is 1300. The maximum absolute atomic E-state index is 13.4. The minimum absolute atomic E-state index is 0.0255. The van der Waals surface area contributed by atoms with Crippen LogP contribution in [0.4, 0.5) is 11.5 Å². The van der Waals surface area contributed by atoms with Crippen molar-refractivity contribution in [1.29, 1.82) is 0 Å². The summed E-state index contributed by atoms with van der Waals surface area (Å²) in [6, 6.07) is 6.33. The van der Waals surface area contributed by atoms with Crippen LogP contribution in [-0.4, -0.2) is 51.3 Å². The maximum Gasteiger partial charge on any atom is 0.351 e. The van der Waals surface area contributed by atoms with Gasteiger partial charge in [-0.25, -0.2) is 4.79 Å². The van der Waals surface area contributed by atoms with Crippen LogP contribution in [0.5, 0.6) is 0 Å². The van der Waals surface area contributed by atoms with Gasteiger partial charge in [0.15, 0.2) is 0 Å². The molecule has 11 nitrogen and oxygen atoms in total. The van der Waals surface area contributed by atoms with Gasteiger partial charge in [-0.05, 0) is 23.8 Å². The molecular formula is C28H43N4O7Si. The zero-order chi connectivity index (χ0) is 30.4. The molecule has 221 valence electrons. The van der Waals surface area contributed by atoms with E-state index >= 15 is 0 Å². The normalized spacial score (nSPS) is 25.2. The minimum Gasteiger partial charge on any atom is -0.390 e. The molecule has 12 heteroatoms. The van der Waals surface area contributed by atoms with Crippen LogP contribution in [0.2, 0.25) is 13.1 Å². The summed E-state index contributed by atoms with van der Waals surface area (Å²) < 4.78 is 14.0. The second-order valence-electron chi connectivity index (χ2n) is 13.1. The molecule has 4 N–H and O–H groups in total. The van der Waals surface area contributed by atoms with E-state index in [0.717, 1.165) is 0 Å². The molecule has 2 unspecified atom stereocenters. The molecule has 1 saturated heterocycles. The van der Waals surface area contributed by atoms with Crippen LogP contribution in [0.3, 0.4) is 0 Å². The Balaban J connectivity index is 2.06. The number of rotatable bonds is 8. The summed E-state index contributed by atoms with van der Waals surface area (Å²) in [5.41, 5.74) is 3.47. The molecule has 1 radical (unpaired) electrons. The summed E-state index contributed by atoms with van der Waals surface area (Å²) in [4.78, 5) is 28.4. The molecular weight excluding hydrogens is 532 g/mol. The molecule has 0 spiro atoms. The average molecular weight is 576 g/mol. The van der Waals surface area contributed by atoms with Crippen molar-refractivity contribution in [3.8, 4) is 0 Å². The zero-order valence-corrected chi connectivity index (χ0v) is 25.9. The van der Waals surface area contributed by atoms with Gasteiger partial charge in [0.1, 0.15) is 31.7 Å². The van der Waals surface area contributed by atoms with Gasteiger partial charge < -0.3 is 25.4 Å². The number of hydrogen-bond donors (Lipinski definition) is 3. The lowest BCUT2D eigenvalue weighted by atomic mass is 9.68. The molecule has 0 bridgehead atoms. The lowest BCUT2D eigenvalue weighted by molar-refractivity contribution is -0.386. The van der Waals surface area contributed by atoms with Gasteiger partial charge >= 0.3 is 5.69 Å². The fraction of sp³-hybridized carbons (Fsp3) is 0.643. The summed E-state index contributed by atoms with van der Waals surface area (Å²) in [5, 5.41) is 33.7. The van der Waals surface area contributed by atoms with E-state index in [1.165, 1.54) is 10.6 Å². The Morgan fingerprint density at radius 1 is 1.27 bits per heavy atom. The van der Waals surface area contributed by atoms with Crippen LogP contribution >= 0.6 is 0 Å². The molecule has 1 aromatic heterocycles. The quantitative estimate of drug-likeness (QED) is 0.240. The molecule has 0 aliphatic carbocycles. The number of aromatic nitrogens is 2. The molecule has 3 rings (SSSR count). The first-order chi connectivity index (χ1) is 18.3. The number of ether oxygens (including phenoxy) is 2. The second kappa shape index (κ2) is 11.0. The number of benzene rings is 1. The number of nitrogens with two attached hydrogens (primary N) is 1. The second-order valence-corrected chi connectivity index (χ2v) is 15.8. The van der Waals surface area contributed by atoms with Crippen molar-refractivity contribution in [2.45, 2.75) is 104 Å². The number of aliphatic hydroxyl groups excluding tert-OH is 1. The van der Waals surface area contributed by atoms with E-state index in [1.54, 1.807) is 31.3 Å². The zero-order valence-electron chi connectivity index (χ0n) is 24.9. The van der Waals surface area contributed by atoms with Crippen molar-refractivity contribution in [3.05, 3.63) is 62.2 Å². The molecule has 0 amide bonds. The highest BCUT2D eigenvalue weighted by molar-refractivity contribution is 6.58. The number of aliphatic hydroxyl groups is 2. The van der Waals surface area contributed by atoms with Crippen molar-refractivity contribution in [2.75, 3.05) is 5.73 Å². The fourth-order valence-corrected chi connectivity index (χ4v) is 6.77. The van der Waals surface area contributed by atoms with Crippen LogP contribution in [0.15, 0.2) is 35.3 Å². The van der Waals surface area contributed by atoms with Crippen LogP contribution in [-0.2, 0) is 21.4 Å². The van der Waals surface area contributed by atoms with E-state index in [0.29, 0.717) is 11.1 Å². The number of nitro benzene ring substituents is 1. The molecule has 2 aromatic rings. The molecule has 0 saturated carbocycles. The topological polar surface area (TPSA) is 163 Å². The third-order valence-corrected chi connectivity index (χ3v) is 10.1. The van der Waals surface area contributed by atoms with E-state index < -0.39 is 59.5 Å². The molecule has 5 atom stereocenters. The summed E-state index contributed by atoms with van der Waals surface area (Å²) in [7, 11) is -1.53. The van der Waals surface area contributed by atoms with Gasteiger partial charge in [-0.3, -0.25) is 14.7 Å². The summed E-state index contributed by atoms with van der Waals surface area (Å²) in [6.45, 7) is 16.9.